The summed E-state index contributed by atoms with van der Waals surface area (Å²) in [5, 5.41) is 0. The third-order valence-electron chi connectivity index (χ3n) is 5.50. The largest absolute Gasteiger partial charge is 0.493 e. The molecule has 6 nitrogen and oxygen atoms in total. The number of aryl methyl sites for hydroxylation is 2. The Morgan fingerprint density at radius 1 is 0.806 bits per heavy atom. The molecule has 0 aromatic heterocycles. The maximum Gasteiger partial charge on any atom is 0.260 e. The molecule has 1 saturated heterocycles. The van der Waals surface area contributed by atoms with Crippen molar-refractivity contribution in [3.05, 3.63) is 59.7 Å². The molecule has 0 bridgehead atoms. The van der Waals surface area contributed by atoms with Crippen molar-refractivity contribution in [2.45, 2.75) is 33.1 Å². The van der Waals surface area contributed by atoms with Crippen LogP contribution in [-0.4, -0.2) is 61.0 Å². The van der Waals surface area contributed by atoms with Crippen LogP contribution in [0.4, 0.5) is 0 Å². The first-order chi connectivity index (χ1) is 15.0. The van der Waals surface area contributed by atoms with Crippen molar-refractivity contribution in [3.8, 4) is 11.5 Å². The Kier molecular flexibility index (Phi) is 8.33. The molecule has 0 unspecified atom stereocenters. The highest BCUT2D eigenvalue weighted by Gasteiger charge is 2.22. The third kappa shape index (κ3) is 6.74. The van der Waals surface area contributed by atoms with Crippen LogP contribution in [0, 0.1) is 13.8 Å². The lowest BCUT2D eigenvalue weighted by Gasteiger charge is -2.22. The third-order valence-corrected chi connectivity index (χ3v) is 5.50. The van der Waals surface area contributed by atoms with Gasteiger partial charge in [0.2, 0.25) is 5.91 Å². The van der Waals surface area contributed by atoms with Gasteiger partial charge in [-0.1, -0.05) is 36.4 Å². The van der Waals surface area contributed by atoms with E-state index >= 15 is 0 Å². The predicted molar refractivity (Wildman–Crippen MR) is 120 cm³/mol. The van der Waals surface area contributed by atoms with Crippen LogP contribution in [0.5, 0.6) is 11.5 Å². The van der Waals surface area contributed by atoms with Crippen LogP contribution in [0.1, 0.15) is 30.4 Å². The molecule has 6 heteroatoms. The molecular weight excluding hydrogens is 392 g/mol. The van der Waals surface area contributed by atoms with E-state index in [9.17, 15) is 9.59 Å². The first-order valence-electron chi connectivity index (χ1n) is 11.0. The van der Waals surface area contributed by atoms with E-state index in [1.807, 2.05) is 67.3 Å². The van der Waals surface area contributed by atoms with Gasteiger partial charge in [0.1, 0.15) is 11.5 Å². The van der Waals surface area contributed by atoms with Gasteiger partial charge in [0.15, 0.2) is 6.61 Å². The molecule has 166 valence electrons. The van der Waals surface area contributed by atoms with Crippen LogP contribution >= 0.6 is 0 Å². The van der Waals surface area contributed by atoms with E-state index in [0.29, 0.717) is 51.4 Å². The molecule has 1 fully saturated rings. The van der Waals surface area contributed by atoms with Gasteiger partial charge >= 0.3 is 0 Å². The number of ether oxygens (including phenoxy) is 2. The molecule has 2 amide bonds. The second kappa shape index (κ2) is 11.4. The highest BCUT2D eigenvalue weighted by Crippen LogP contribution is 2.22. The van der Waals surface area contributed by atoms with Crippen LogP contribution < -0.4 is 9.47 Å². The zero-order valence-electron chi connectivity index (χ0n) is 18.5. The van der Waals surface area contributed by atoms with Gasteiger partial charge in [-0.3, -0.25) is 9.59 Å². The van der Waals surface area contributed by atoms with Crippen molar-refractivity contribution < 1.29 is 19.1 Å². The molecule has 0 radical (unpaired) electrons. The molecule has 31 heavy (non-hydrogen) atoms. The van der Waals surface area contributed by atoms with Gasteiger partial charge in [-0.05, 0) is 49.9 Å². The van der Waals surface area contributed by atoms with Crippen molar-refractivity contribution in [2.24, 2.45) is 0 Å². The molecule has 1 heterocycles. The van der Waals surface area contributed by atoms with Crippen molar-refractivity contribution in [1.82, 2.24) is 9.80 Å². The van der Waals surface area contributed by atoms with Gasteiger partial charge in [-0.15, -0.1) is 0 Å². The number of hydrogen-bond acceptors (Lipinski definition) is 4. The van der Waals surface area contributed by atoms with Gasteiger partial charge in [0, 0.05) is 32.6 Å². The summed E-state index contributed by atoms with van der Waals surface area (Å²) in [4.78, 5) is 28.8. The number of carbonyl (C=O) groups excluding carboxylic acids is 2. The summed E-state index contributed by atoms with van der Waals surface area (Å²) >= 11 is 0. The SMILES string of the molecule is Cc1cccc(C)c1OCCCC(=O)N1CCCN(C(=O)COc2ccccc2)CC1. The Hall–Kier alpha value is -3.02. The summed E-state index contributed by atoms with van der Waals surface area (Å²) < 4.78 is 11.5. The van der Waals surface area contributed by atoms with E-state index in [2.05, 4.69) is 0 Å². The van der Waals surface area contributed by atoms with Gasteiger partial charge in [-0.25, -0.2) is 0 Å². The number of rotatable bonds is 8. The fraction of sp³-hybridized carbons (Fsp3) is 0.440. The second-order valence-electron chi connectivity index (χ2n) is 7.89. The number of amides is 2. The zero-order chi connectivity index (χ0) is 22.1. The van der Waals surface area contributed by atoms with Crippen LogP contribution in [0.2, 0.25) is 0 Å². The summed E-state index contributed by atoms with van der Waals surface area (Å²) in [6, 6.07) is 15.4. The molecule has 0 aliphatic carbocycles. The normalized spacial score (nSPS) is 14.1. The van der Waals surface area contributed by atoms with E-state index in [1.165, 1.54) is 0 Å². The van der Waals surface area contributed by atoms with Gasteiger partial charge < -0.3 is 19.3 Å². The summed E-state index contributed by atoms with van der Waals surface area (Å²) in [6.07, 6.45) is 1.91. The van der Waals surface area contributed by atoms with Gasteiger partial charge in [0.25, 0.3) is 5.91 Å². The van der Waals surface area contributed by atoms with Crippen molar-refractivity contribution in [3.63, 3.8) is 0 Å². The Morgan fingerprint density at radius 3 is 2.13 bits per heavy atom. The molecule has 2 aromatic carbocycles. The molecule has 1 aliphatic heterocycles. The quantitative estimate of drug-likeness (QED) is 0.608. The van der Waals surface area contributed by atoms with E-state index in [1.54, 1.807) is 4.90 Å². The Morgan fingerprint density at radius 2 is 1.45 bits per heavy atom. The highest BCUT2D eigenvalue weighted by atomic mass is 16.5. The van der Waals surface area contributed by atoms with Gasteiger partial charge in [-0.2, -0.15) is 0 Å². The molecule has 3 rings (SSSR count). The smallest absolute Gasteiger partial charge is 0.260 e. The van der Waals surface area contributed by atoms with Crippen molar-refractivity contribution in [2.75, 3.05) is 39.4 Å². The van der Waals surface area contributed by atoms with Crippen LogP contribution in [0.25, 0.3) is 0 Å². The zero-order valence-corrected chi connectivity index (χ0v) is 18.5. The minimum Gasteiger partial charge on any atom is -0.493 e. The summed E-state index contributed by atoms with van der Waals surface area (Å²) in [7, 11) is 0. The average molecular weight is 425 g/mol. The topological polar surface area (TPSA) is 59.1 Å². The number of para-hydroxylation sites is 2. The maximum atomic E-state index is 12.6. The highest BCUT2D eigenvalue weighted by molar-refractivity contribution is 5.78. The first-order valence-corrected chi connectivity index (χ1v) is 11.0. The lowest BCUT2D eigenvalue weighted by Crippen LogP contribution is -2.39. The standard InChI is InChI=1S/C25H32N2O4/c1-20-9-6-10-21(2)25(20)30-18-7-13-23(28)26-14-8-15-27(17-16-26)24(29)19-31-22-11-4-3-5-12-22/h3-6,9-12H,7-8,13-19H2,1-2H3. The average Bonchev–Trinajstić information content (AvgIpc) is 3.04. The lowest BCUT2D eigenvalue weighted by molar-refractivity contribution is -0.134. The Bertz CT molecular complexity index is 849. The Balaban J connectivity index is 1.38. The number of carbonyl (C=O) groups is 2. The maximum absolute atomic E-state index is 12.6. The van der Waals surface area contributed by atoms with Crippen LogP contribution in [-0.2, 0) is 9.59 Å². The van der Waals surface area contributed by atoms with E-state index in [-0.39, 0.29) is 18.4 Å². The lowest BCUT2D eigenvalue weighted by atomic mass is 10.1. The fourth-order valence-electron chi connectivity index (χ4n) is 3.75. The second-order valence-corrected chi connectivity index (χ2v) is 7.89. The number of nitrogens with zero attached hydrogens (tertiary/aromatic N) is 2. The summed E-state index contributed by atoms with van der Waals surface area (Å²) in [5.41, 5.74) is 2.22. The molecule has 0 saturated carbocycles. The van der Waals surface area contributed by atoms with Crippen molar-refractivity contribution in [1.29, 1.82) is 0 Å². The van der Waals surface area contributed by atoms with Gasteiger partial charge in [0.05, 0.1) is 6.61 Å². The molecular formula is C25H32N2O4. The number of hydrogen-bond donors (Lipinski definition) is 0. The monoisotopic (exact) mass is 424 g/mol. The summed E-state index contributed by atoms with van der Waals surface area (Å²) in [6.45, 7) is 7.04. The molecule has 2 aromatic rings. The minimum atomic E-state index is -0.0415. The first kappa shape index (κ1) is 22.7. The van der Waals surface area contributed by atoms with Crippen molar-refractivity contribution >= 4 is 11.8 Å². The predicted octanol–water partition coefficient (Wildman–Crippen LogP) is 3.60. The Labute approximate surface area is 184 Å². The summed E-state index contributed by atoms with van der Waals surface area (Å²) in [5.74, 6) is 1.68. The molecule has 1 aliphatic rings. The minimum absolute atomic E-state index is 0.0214. The molecule has 0 atom stereocenters. The molecule has 0 N–H and O–H groups in total. The van der Waals surface area contributed by atoms with Crippen LogP contribution in [0.3, 0.4) is 0 Å². The fourth-order valence-corrected chi connectivity index (χ4v) is 3.75. The van der Waals surface area contributed by atoms with E-state index in [4.69, 9.17) is 9.47 Å². The van der Waals surface area contributed by atoms with E-state index in [0.717, 1.165) is 23.3 Å². The number of benzene rings is 2. The van der Waals surface area contributed by atoms with Crippen LogP contribution in [0.15, 0.2) is 48.5 Å². The molecule has 0 spiro atoms. The van der Waals surface area contributed by atoms with E-state index < -0.39 is 0 Å².